The first kappa shape index (κ1) is 18.7. The highest BCUT2D eigenvalue weighted by Gasteiger charge is 2.13. The summed E-state index contributed by atoms with van der Waals surface area (Å²) in [6.45, 7) is 1.99. The van der Waals surface area contributed by atoms with Crippen molar-refractivity contribution in [3.05, 3.63) is 69.7 Å². The second-order valence-corrected chi connectivity index (χ2v) is 6.70. The number of hydrogen-bond donors (Lipinski definition) is 0. The van der Waals surface area contributed by atoms with Gasteiger partial charge in [0.25, 0.3) is 0 Å². The smallest absolute Gasteiger partial charge is 0.221 e. The SMILES string of the molecule is Cc1c(CCCCCC(=O)Cl)cccc1C(=O)c1ccc(Cl)cc1. The van der Waals surface area contributed by atoms with Gasteiger partial charge in [-0.2, -0.15) is 0 Å². The lowest BCUT2D eigenvalue weighted by molar-refractivity contribution is -0.111. The van der Waals surface area contributed by atoms with Crippen LogP contribution in [0.2, 0.25) is 5.02 Å². The Labute approximate surface area is 152 Å². The van der Waals surface area contributed by atoms with Crippen molar-refractivity contribution >= 4 is 34.2 Å². The van der Waals surface area contributed by atoms with Gasteiger partial charge in [-0.05, 0) is 73.2 Å². The van der Waals surface area contributed by atoms with Gasteiger partial charge < -0.3 is 0 Å². The second kappa shape index (κ2) is 9.00. The van der Waals surface area contributed by atoms with Gasteiger partial charge >= 0.3 is 0 Å². The molecule has 0 N–H and O–H groups in total. The number of ketones is 1. The Bertz CT molecular complexity index is 721. The predicted octanol–water partition coefficient (Wildman–Crippen LogP) is 5.75. The van der Waals surface area contributed by atoms with Crippen molar-refractivity contribution < 1.29 is 9.59 Å². The maximum atomic E-state index is 12.7. The van der Waals surface area contributed by atoms with Crippen molar-refractivity contribution in [3.8, 4) is 0 Å². The van der Waals surface area contributed by atoms with E-state index >= 15 is 0 Å². The maximum absolute atomic E-state index is 12.7. The number of unbranched alkanes of at least 4 members (excludes halogenated alkanes) is 2. The van der Waals surface area contributed by atoms with Gasteiger partial charge in [0, 0.05) is 22.6 Å². The second-order valence-electron chi connectivity index (χ2n) is 5.84. The summed E-state index contributed by atoms with van der Waals surface area (Å²) in [5, 5.41) is 0.342. The lowest BCUT2D eigenvalue weighted by Crippen LogP contribution is -2.05. The molecule has 126 valence electrons. The van der Waals surface area contributed by atoms with Crippen LogP contribution in [0.3, 0.4) is 0 Å². The monoisotopic (exact) mass is 362 g/mol. The highest BCUT2D eigenvalue weighted by molar-refractivity contribution is 6.63. The van der Waals surface area contributed by atoms with E-state index in [1.54, 1.807) is 24.3 Å². The van der Waals surface area contributed by atoms with Crippen molar-refractivity contribution in [3.63, 3.8) is 0 Å². The Morgan fingerprint density at radius 2 is 1.67 bits per heavy atom. The fourth-order valence-electron chi connectivity index (χ4n) is 2.71. The first-order valence-corrected chi connectivity index (χ1v) is 8.81. The number of aryl methyl sites for hydroxylation is 1. The number of carbonyl (C=O) groups is 2. The van der Waals surface area contributed by atoms with E-state index in [1.807, 2.05) is 19.1 Å². The largest absolute Gasteiger partial charge is 0.289 e. The van der Waals surface area contributed by atoms with E-state index in [9.17, 15) is 9.59 Å². The minimum atomic E-state index is -0.276. The molecule has 0 atom stereocenters. The van der Waals surface area contributed by atoms with Gasteiger partial charge in [0.05, 0.1) is 0 Å². The van der Waals surface area contributed by atoms with Gasteiger partial charge in [-0.1, -0.05) is 36.2 Å². The van der Waals surface area contributed by atoms with E-state index in [4.69, 9.17) is 23.2 Å². The lowest BCUT2D eigenvalue weighted by atomic mass is 9.93. The summed E-state index contributed by atoms with van der Waals surface area (Å²) in [4.78, 5) is 23.4. The molecule has 0 bridgehead atoms. The Balaban J connectivity index is 2.05. The maximum Gasteiger partial charge on any atom is 0.221 e. The summed E-state index contributed by atoms with van der Waals surface area (Å²) >= 11 is 11.2. The molecule has 2 aromatic carbocycles. The molecular weight excluding hydrogens is 343 g/mol. The van der Waals surface area contributed by atoms with Crippen molar-refractivity contribution in [2.45, 2.75) is 39.0 Å². The van der Waals surface area contributed by atoms with Gasteiger partial charge in [0.1, 0.15) is 0 Å². The molecule has 0 aliphatic rings. The van der Waals surface area contributed by atoms with Crippen molar-refractivity contribution in [1.29, 1.82) is 0 Å². The molecule has 0 heterocycles. The van der Waals surface area contributed by atoms with E-state index in [0.29, 0.717) is 17.0 Å². The summed E-state index contributed by atoms with van der Waals surface area (Å²) < 4.78 is 0. The van der Waals surface area contributed by atoms with Crippen LogP contribution in [0.4, 0.5) is 0 Å². The molecule has 0 aromatic heterocycles. The molecule has 2 aromatic rings. The lowest BCUT2D eigenvalue weighted by Gasteiger charge is -2.11. The average Bonchev–Trinajstić information content (AvgIpc) is 2.56. The average molecular weight is 363 g/mol. The van der Waals surface area contributed by atoms with Crippen LogP contribution in [-0.2, 0) is 11.2 Å². The van der Waals surface area contributed by atoms with E-state index in [2.05, 4.69) is 6.07 Å². The van der Waals surface area contributed by atoms with Crippen LogP contribution in [-0.4, -0.2) is 11.0 Å². The predicted molar refractivity (Wildman–Crippen MR) is 99.1 cm³/mol. The molecule has 0 aliphatic heterocycles. The topological polar surface area (TPSA) is 34.1 Å². The molecule has 0 spiro atoms. The van der Waals surface area contributed by atoms with Crippen LogP contribution in [0.5, 0.6) is 0 Å². The number of carbonyl (C=O) groups excluding carboxylic acids is 2. The zero-order valence-electron chi connectivity index (χ0n) is 13.6. The van der Waals surface area contributed by atoms with Crippen LogP contribution in [0, 0.1) is 6.92 Å². The normalized spacial score (nSPS) is 10.6. The molecular formula is C20H20Cl2O2. The fourth-order valence-corrected chi connectivity index (χ4v) is 2.97. The summed E-state index contributed by atoms with van der Waals surface area (Å²) in [5.74, 6) is 0.0127. The van der Waals surface area contributed by atoms with Gasteiger partial charge in [0.15, 0.2) is 5.78 Å². The first-order valence-electron chi connectivity index (χ1n) is 8.06. The van der Waals surface area contributed by atoms with Crippen LogP contribution < -0.4 is 0 Å². The molecule has 4 heteroatoms. The summed E-state index contributed by atoms with van der Waals surface area (Å²) in [6.07, 6.45) is 4.06. The fraction of sp³-hybridized carbons (Fsp3) is 0.300. The van der Waals surface area contributed by atoms with Crippen molar-refractivity contribution in [2.24, 2.45) is 0 Å². The van der Waals surface area contributed by atoms with Crippen molar-refractivity contribution in [1.82, 2.24) is 0 Å². The first-order chi connectivity index (χ1) is 11.5. The number of halogens is 2. The summed E-state index contributed by atoms with van der Waals surface area (Å²) in [6, 6.07) is 12.8. The zero-order valence-corrected chi connectivity index (χ0v) is 15.2. The van der Waals surface area contributed by atoms with E-state index in [-0.39, 0.29) is 11.0 Å². The Morgan fingerprint density at radius 1 is 0.958 bits per heavy atom. The van der Waals surface area contributed by atoms with E-state index in [0.717, 1.165) is 36.8 Å². The number of rotatable bonds is 8. The molecule has 0 unspecified atom stereocenters. The summed E-state index contributed by atoms with van der Waals surface area (Å²) in [5.41, 5.74) is 3.56. The third-order valence-electron chi connectivity index (χ3n) is 4.12. The minimum absolute atomic E-state index is 0.0127. The van der Waals surface area contributed by atoms with Crippen LogP contribution in [0.1, 0.15) is 52.7 Å². The van der Waals surface area contributed by atoms with Crippen LogP contribution in [0.25, 0.3) is 0 Å². The standard InChI is InChI=1S/C20H20Cl2O2/c1-14-15(6-3-2-4-9-19(22)23)7-5-8-18(14)20(24)16-10-12-17(21)13-11-16/h5,7-8,10-13H,2-4,6,9H2,1H3. The number of benzene rings is 2. The zero-order chi connectivity index (χ0) is 17.5. The van der Waals surface area contributed by atoms with Crippen LogP contribution >= 0.6 is 23.2 Å². The Morgan fingerprint density at radius 3 is 2.33 bits per heavy atom. The summed E-state index contributed by atoms with van der Waals surface area (Å²) in [7, 11) is 0. The molecule has 24 heavy (non-hydrogen) atoms. The number of hydrogen-bond acceptors (Lipinski definition) is 2. The quantitative estimate of drug-likeness (QED) is 0.340. The molecule has 0 saturated heterocycles. The minimum Gasteiger partial charge on any atom is -0.289 e. The highest BCUT2D eigenvalue weighted by atomic mass is 35.5. The third kappa shape index (κ3) is 5.19. The molecule has 0 amide bonds. The van der Waals surface area contributed by atoms with Gasteiger partial charge in [-0.15, -0.1) is 0 Å². The van der Waals surface area contributed by atoms with Gasteiger partial charge in [-0.25, -0.2) is 0 Å². The molecule has 0 saturated carbocycles. The Hall–Kier alpha value is -1.64. The molecule has 0 aliphatic carbocycles. The Kier molecular flexibility index (Phi) is 7.01. The molecule has 0 radical (unpaired) electrons. The van der Waals surface area contributed by atoms with Crippen LogP contribution in [0.15, 0.2) is 42.5 Å². The molecule has 2 nitrogen and oxygen atoms in total. The third-order valence-corrected chi connectivity index (χ3v) is 4.56. The highest BCUT2D eigenvalue weighted by Crippen LogP contribution is 2.21. The molecule has 2 rings (SSSR count). The van der Waals surface area contributed by atoms with Gasteiger partial charge in [0.2, 0.25) is 5.24 Å². The van der Waals surface area contributed by atoms with Crippen molar-refractivity contribution in [2.75, 3.05) is 0 Å². The van der Waals surface area contributed by atoms with E-state index in [1.165, 1.54) is 5.56 Å². The molecule has 0 fully saturated rings. The van der Waals surface area contributed by atoms with Gasteiger partial charge in [-0.3, -0.25) is 9.59 Å². The van der Waals surface area contributed by atoms with E-state index < -0.39 is 0 Å².